The van der Waals surface area contributed by atoms with E-state index in [4.69, 9.17) is 11.1 Å². The molecule has 66 heavy (non-hydrogen) atoms. The average molecular weight is 1080 g/mol. The second-order valence-electron chi connectivity index (χ2n) is 14.4. The molecule has 0 fully saturated rings. The third-order valence-electron chi connectivity index (χ3n) is 9.36. The van der Waals surface area contributed by atoms with E-state index in [9.17, 15) is 28.8 Å². The molecule has 13 N–H and O–H groups in total. The number of allylic oxidation sites excluding steroid dienone is 5. The molecule has 18 nitrogen and oxygen atoms in total. The van der Waals surface area contributed by atoms with Crippen LogP contribution in [0.5, 0.6) is 0 Å². The first-order valence-corrected chi connectivity index (χ1v) is 20.9. The van der Waals surface area contributed by atoms with E-state index in [1.165, 1.54) is 22.8 Å². The zero-order valence-electron chi connectivity index (χ0n) is 38.3. The predicted molar refractivity (Wildman–Crippen MR) is 256 cm³/mol. The van der Waals surface area contributed by atoms with Gasteiger partial charge in [0.2, 0.25) is 35.4 Å². The normalized spacial score (nSPS) is 11.8. The number of fused-ring (bicyclic) bond motifs is 1. The number of nitrogens with zero attached hydrogens (tertiary/aromatic N) is 1. The van der Waals surface area contributed by atoms with Crippen molar-refractivity contribution in [3.05, 3.63) is 134 Å². The number of benzene rings is 2. The van der Waals surface area contributed by atoms with Crippen LogP contribution < -0.4 is 43.4 Å². The molecule has 4 aromatic rings. The van der Waals surface area contributed by atoms with E-state index < -0.39 is 54.2 Å². The number of rotatable bonds is 24. The van der Waals surface area contributed by atoms with Gasteiger partial charge in [-0.15, -0.1) is 0 Å². The van der Waals surface area contributed by atoms with Crippen molar-refractivity contribution in [1.82, 2.24) is 46.9 Å². The SMILES string of the molecule is C=C/C=C(\C=C/C)CCCC(=O)NC(Cc1cnc[nH]1)C(=O)NC(Cc1ccccc1)C(=O)NC(CCCNC)C(=O)NCC(=O)NCC(N)=O.Cc1c[nH]c2ccccc12.N=CN.[CH3-].[W]. The number of aromatic nitrogens is 3. The Morgan fingerprint density at radius 3 is 2.09 bits per heavy atom. The van der Waals surface area contributed by atoms with Crippen LogP contribution in [-0.2, 0) is 62.7 Å². The first-order valence-electron chi connectivity index (χ1n) is 20.9. The Morgan fingerprint density at radius 1 is 0.833 bits per heavy atom. The first-order chi connectivity index (χ1) is 30.8. The van der Waals surface area contributed by atoms with Crippen LogP contribution in [0.1, 0.15) is 55.8 Å². The van der Waals surface area contributed by atoms with Gasteiger partial charge in [0.15, 0.2) is 0 Å². The molecule has 2 heterocycles. The van der Waals surface area contributed by atoms with Gasteiger partial charge in [0, 0.05) is 69.3 Å². The van der Waals surface area contributed by atoms with Crippen LogP contribution in [0.2, 0.25) is 0 Å². The summed E-state index contributed by atoms with van der Waals surface area (Å²) in [5.41, 5.74) is 14.3. The fourth-order valence-corrected chi connectivity index (χ4v) is 6.24. The Bertz CT molecular complexity index is 2140. The van der Waals surface area contributed by atoms with Gasteiger partial charge >= 0.3 is 0 Å². The number of hydrogen-bond acceptors (Lipinski definition) is 9. The molecule has 0 aliphatic rings. The van der Waals surface area contributed by atoms with Crippen LogP contribution in [0, 0.1) is 19.8 Å². The fraction of sp³-hybridized carbons (Fsp3) is 0.340. The van der Waals surface area contributed by atoms with Crippen molar-refractivity contribution < 1.29 is 49.8 Å². The fourth-order valence-electron chi connectivity index (χ4n) is 6.24. The van der Waals surface area contributed by atoms with Gasteiger partial charge in [-0.1, -0.05) is 79.4 Å². The Balaban J connectivity index is 0.00000240. The largest absolute Gasteiger partial charge is 0.390 e. The van der Waals surface area contributed by atoms with Crippen molar-refractivity contribution in [3.8, 4) is 0 Å². The molecule has 0 saturated carbocycles. The monoisotopic (exact) mass is 1080 g/mol. The maximum Gasteiger partial charge on any atom is 0.243 e. The molecule has 358 valence electrons. The van der Waals surface area contributed by atoms with Gasteiger partial charge in [-0.2, -0.15) is 0 Å². The number of carbonyl (C=O) groups is 6. The van der Waals surface area contributed by atoms with E-state index in [1.807, 2.05) is 43.5 Å². The van der Waals surface area contributed by atoms with Crippen LogP contribution >= 0.6 is 0 Å². The third kappa shape index (κ3) is 23.9. The van der Waals surface area contributed by atoms with Crippen molar-refractivity contribution in [1.29, 1.82) is 5.41 Å². The van der Waals surface area contributed by atoms with Crippen molar-refractivity contribution in [2.45, 2.75) is 76.9 Å². The molecular formula is C47H67N12O6W-. The number of nitrogens with one attached hydrogen (secondary N) is 9. The standard InChI is InChI=1S/C36H51N9O6.C9H9N.CH4N2.CH3.W/c1-4-11-25(12-5-2)15-9-17-32(47)43-30(20-27-21-39-24-42-27)36(51)45-29(19-26-13-7-6-8-14-26)35(50)44-28(16-10-18-38-3)34(49)41-23-33(48)40-22-31(37)46;1-7-6-10-9-5-3-2-4-8(7)9;2-1-3;;/h4-8,11-14,21,24,28-30,38H,1,9-10,15-20,22-23H2,2-3H3,(H2,37,46)(H,39,42)(H,40,48)(H,41,49)(H,43,47)(H,44,50)(H,45,51);2-6,10H,1H3;1H,(H3,2,3);1H3;/q;;;-1;/b12-5-,25-11+;;;;. The number of H-pyrrole nitrogens is 2. The molecular weight excluding hydrogens is 1010 g/mol. The third-order valence-corrected chi connectivity index (χ3v) is 9.36. The summed E-state index contributed by atoms with van der Waals surface area (Å²) in [6.07, 6.45) is 15.5. The molecule has 2 aromatic carbocycles. The summed E-state index contributed by atoms with van der Waals surface area (Å²) < 4.78 is 0. The van der Waals surface area contributed by atoms with Gasteiger partial charge in [-0.25, -0.2) is 4.98 Å². The Morgan fingerprint density at radius 2 is 1.48 bits per heavy atom. The molecule has 0 aliphatic carbocycles. The number of nitrogens with two attached hydrogens (primary N) is 2. The molecule has 3 unspecified atom stereocenters. The van der Waals surface area contributed by atoms with Crippen molar-refractivity contribution in [3.63, 3.8) is 0 Å². The minimum atomic E-state index is -1.13. The van der Waals surface area contributed by atoms with Gasteiger partial charge in [0.05, 0.1) is 25.8 Å². The molecule has 0 saturated heterocycles. The van der Waals surface area contributed by atoms with Gasteiger partial charge in [-0.3, -0.25) is 34.2 Å². The summed E-state index contributed by atoms with van der Waals surface area (Å²) in [6.45, 7) is 7.47. The van der Waals surface area contributed by atoms with Crippen LogP contribution in [0.25, 0.3) is 10.9 Å². The molecule has 6 amide bonds. The number of aromatic amines is 2. The minimum Gasteiger partial charge on any atom is -0.390 e. The molecule has 0 radical (unpaired) electrons. The van der Waals surface area contributed by atoms with E-state index in [0.717, 1.165) is 17.5 Å². The first kappa shape index (κ1) is 59.3. The van der Waals surface area contributed by atoms with Crippen LogP contribution in [0.15, 0.2) is 110 Å². The molecule has 4 rings (SSSR count). The van der Waals surface area contributed by atoms with Crippen molar-refractivity contribution >= 4 is 52.7 Å². The molecule has 3 atom stereocenters. The summed E-state index contributed by atoms with van der Waals surface area (Å²) in [4.78, 5) is 87.1. The second kappa shape index (κ2) is 34.7. The van der Waals surface area contributed by atoms with Crippen molar-refractivity contribution in [2.75, 3.05) is 26.7 Å². The van der Waals surface area contributed by atoms with E-state index in [2.05, 4.69) is 84.3 Å². The minimum absolute atomic E-state index is 0. The van der Waals surface area contributed by atoms with Gasteiger partial charge in [-0.05, 0) is 75.9 Å². The maximum atomic E-state index is 13.8. The molecule has 0 aliphatic heterocycles. The number of amides is 6. The summed E-state index contributed by atoms with van der Waals surface area (Å²) in [5, 5.41) is 23.3. The summed E-state index contributed by atoms with van der Waals surface area (Å²) in [6, 6.07) is 14.1. The Kier molecular flexibility index (Phi) is 31.2. The number of hydrogen-bond donors (Lipinski definition) is 11. The van der Waals surface area contributed by atoms with Gasteiger partial charge < -0.3 is 60.8 Å². The number of imidazole rings is 1. The molecule has 0 bridgehead atoms. The predicted octanol–water partition coefficient (Wildman–Crippen LogP) is 2.70. The smallest absolute Gasteiger partial charge is 0.243 e. The van der Waals surface area contributed by atoms with E-state index in [-0.39, 0.29) is 66.6 Å². The zero-order chi connectivity index (χ0) is 47.1. The van der Waals surface area contributed by atoms with E-state index >= 15 is 0 Å². The van der Waals surface area contributed by atoms with Crippen LogP contribution in [0.4, 0.5) is 0 Å². The topological polar surface area (TPSA) is 295 Å². The summed E-state index contributed by atoms with van der Waals surface area (Å²) in [7, 11) is 1.75. The van der Waals surface area contributed by atoms with E-state index in [0.29, 0.717) is 31.5 Å². The van der Waals surface area contributed by atoms with Crippen LogP contribution in [-0.4, -0.2) is 102 Å². The molecule has 2 aromatic heterocycles. The van der Waals surface area contributed by atoms with E-state index in [1.54, 1.807) is 43.6 Å². The maximum absolute atomic E-state index is 13.8. The molecule has 0 spiro atoms. The quantitative estimate of drug-likeness (QED) is 0.0162. The number of carbonyl (C=O) groups excluding carboxylic acids is 6. The number of aryl methyl sites for hydroxylation is 1. The Labute approximate surface area is 402 Å². The van der Waals surface area contributed by atoms with Gasteiger partial charge in [0.25, 0.3) is 0 Å². The second-order valence-corrected chi connectivity index (χ2v) is 14.4. The summed E-state index contributed by atoms with van der Waals surface area (Å²) in [5.74, 6) is -3.56. The van der Waals surface area contributed by atoms with Crippen molar-refractivity contribution in [2.24, 2.45) is 11.5 Å². The number of primary amides is 1. The molecule has 19 heteroatoms. The van der Waals surface area contributed by atoms with Gasteiger partial charge in [0.1, 0.15) is 18.1 Å². The summed E-state index contributed by atoms with van der Waals surface area (Å²) >= 11 is 0. The zero-order valence-corrected chi connectivity index (χ0v) is 41.2. The Hall–Kier alpha value is -6.65. The average Bonchev–Trinajstić information content (AvgIpc) is 3.94. The number of para-hydroxylation sites is 1. The van der Waals surface area contributed by atoms with Crippen LogP contribution in [0.3, 0.4) is 0 Å².